The van der Waals surface area contributed by atoms with Crippen LogP contribution in [0.2, 0.25) is 6.04 Å². The molecule has 0 saturated heterocycles. The van der Waals surface area contributed by atoms with E-state index >= 15 is 0 Å². The molecule has 0 unspecified atom stereocenters. The summed E-state index contributed by atoms with van der Waals surface area (Å²) >= 11 is 0. The molecule has 0 bridgehead atoms. The highest BCUT2D eigenvalue weighted by molar-refractivity contribution is 6.60. The van der Waals surface area contributed by atoms with Crippen molar-refractivity contribution in [2.75, 3.05) is 19.8 Å². The molecule has 0 aliphatic rings. The molecule has 5 heteroatoms. The Kier molecular flexibility index (Phi) is 8.74. The van der Waals surface area contributed by atoms with Gasteiger partial charge in [0.1, 0.15) is 5.78 Å². The van der Waals surface area contributed by atoms with Crippen LogP contribution in [0.4, 0.5) is 0 Å². The van der Waals surface area contributed by atoms with Crippen molar-refractivity contribution in [1.82, 2.24) is 0 Å². The second kappa shape index (κ2) is 8.87. The summed E-state index contributed by atoms with van der Waals surface area (Å²) < 4.78 is 17.0. The Labute approximate surface area is 99.6 Å². The molecule has 0 fully saturated rings. The third-order valence-corrected chi connectivity index (χ3v) is 5.26. The van der Waals surface area contributed by atoms with E-state index in [-0.39, 0.29) is 5.78 Å². The standard InChI is InChI=1S/C11H24O4Si/c1-5-13-16(14-6-2,15-7-3)10-8-9-11(4)12/h5-10H2,1-4H3. The molecule has 96 valence electrons. The molecule has 4 nitrogen and oxygen atoms in total. The number of Topliss-reactive ketones (excluding diaryl/α,β-unsaturated/α-hetero) is 1. The fourth-order valence-corrected chi connectivity index (χ4v) is 4.17. The van der Waals surface area contributed by atoms with Crippen molar-refractivity contribution in [3.05, 3.63) is 0 Å². The van der Waals surface area contributed by atoms with Crippen molar-refractivity contribution in [3.63, 3.8) is 0 Å². The van der Waals surface area contributed by atoms with Crippen molar-refractivity contribution >= 4 is 14.6 Å². The van der Waals surface area contributed by atoms with Crippen LogP contribution in [0.3, 0.4) is 0 Å². The molecular formula is C11H24O4Si. The monoisotopic (exact) mass is 248 g/mol. The summed E-state index contributed by atoms with van der Waals surface area (Å²) in [6.45, 7) is 9.18. The zero-order valence-electron chi connectivity index (χ0n) is 10.9. The summed E-state index contributed by atoms with van der Waals surface area (Å²) in [5, 5.41) is 0. The summed E-state index contributed by atoms with van der Waals surface area (Å²) in [4.78, 5) is 10.9. The molecule has 0 amide bonds. The maximum atomic E-state index is 10.9. The third kappa shape index (κ3) is 6.37. The minimum absolute atomic E-state index is 0.201. The average molecular weight is 248 g/mol. The van der Waals surface area contributed by atoms with Crippen LogP contribution in [0.15, 0.2) is 0 Å². The molecule has 0 heterocycles. The first-order valence-corrected chi connectivity index (χ1v) is 7.94. The number of carbonyl (C=O) groups is 1. The lowest BCUT2D eigenvalue weighted by atomic mass is 10.3. The van der Waals surface area contributed by atoms with Gasteiger partial charge in [-0.05, 0) is 34.1 Å². The van der Waals surface area contributed by atoms with Gasteiger partial charge in [-0.25, -0.2) is 0 Å². The van der Waals surface area contributed by atoms with Gasteiger partial charge in [0.2, 0.25) is 0 Å². The van der Waals surface area contributed by atoms with Crippen LogP contribution >= 0.6 is 0 Å². The SMILES string of the molecule is CCO[Si](CCCC(C)=O)(OCC)OCC. The molecular weight excluding hydrogens is 224 g/mol. The van der Waals surface area contributed by atoms with Crippen LogP contribution in [0.5, 0.6) is 0 Å². The predicted molar refractivity (Wildman–Crippen MR) is 65.4 cm³/mol. The smallest absolute Gasteiger partial charge is 0.374 e. The van der Waals surface area contributed by atoms with E-state index in [4.69, 9.17) is 13.3 Å². The largest absolute Gasteiger partial charge is 0.500 e. The number of ketones is 1. The van der Waals surface area contributed by atoms with Gasteiger partial charge in [0.25, 0.3) is 0 Å². The van der Waals surface area contributed by atoms with Crippen molar-refractivity contribution in [1.29, 1.82) is 0 Å². The van der Waals surface area contributed by atoms with Crippen molar-refractivity contribution < 1.29 is 18.1 Å². The Bertz CT molecular complexity index is 179. The molecule has 0 spiro atoms. The Hall–Kier alpha value is -0.233. The molecule has 0 rings (SSSR count). The van der Waals surface area contributed by atoms with E-state index in [1.807, 2.05) is 20.8 Å². The first-order chi connectivity index (χ1) is 7.60. The summed E-state index contributed by atoms with van der Waals surface area (Å²) in [7, 11) is -2.51. The lowest BCUT2D eigenvalue weighted by Crippen LogP contribution is -2.45. The van der Waals surface area contributed by atoms with E-state index in [0.29, 0.717) is 26.2 Å². The van der Waals surface area contributed by atoms with Crippen LogP contribution in [0.1, 0.15) is 40.5 Å². The maximum absolute atomic E-state index is 10.9. The van der Waals surface area contributed by atoms with Gasteiger partial charge < -0.3 is 18.1 Å². The first-order valence-electron chi connectivity index (χ1n) is 6.01. The van der Waals surface area contributed by atoms with Gasteiger partial charge in [-0.1, -0.05) is 0 Å². The lowest BCUT2D eigenvalue weighted by Gasteiger charge is -2.28. The summed E-state index contributed by atoms with van der Waals surface area (Å²) in [5.41, 5.74) is 0. The van der Waals surface area contributed by atoms with E-state index in [1.165, 1.54) is 0 Å². The fourth-order valence-electron chi connectivity index (χ4n) is 1.56. The van der Waals surface area contributed by atoms with Gasteiger partial charge in [-0.2, -0.15) is 0 Å². The van der Waals surface area contributed by atoms with E-state index < -0.39 is 8.80 Å². The summed E-state index contributed by atoms with van der Waals surface area (Å²) in [6.07, 6.45) is 1.35. The minimum Gasteiger partial charge on any atom is -0.374 e. The predicted octanol–water partition coefficient (Wildman–Crippen LogP) is 2.40. The first kappa shape index (κ1) is 15.8. The van der Waals surface area contributed by atoms with Crippen LogP contribution in [0.25, 0.3) is 0 Å². The summed E-state index contributed by atoms with van der Waals surface area (Å²) in [5.74, 6) is 0.201. The molecule has 0 aromatic carbocycles. The number of carbonyl (C=O) groups excluding carboxylic acids is 1. The highest BCUT2D eigenvalue weighted by atomic mass is 28.4. The van der Waals surface area contributed by atoms with E-state index in [0.717, 1.165) is 12.5 Å². The second-order valence-electron chi connectivity index (χ2n) is 3.54. The molecule has 0 atom stereocenters. The normalized spacial score (nSPS) is 11.8. The second-order valence-corrected chi connectivity index (χ2v) is 6.27. The summed E-state index contributed by atoms with van der Waals surface area (Å²) in [6, 6.07) is 0.724. The molecule has 0 saturated carbocycles. The maximum Gasteiger partial charge on any atom is 0.500 e. The number of rotatable bonds is 10. The molecule has 0 aliphatic carbocycles. The molecule has 0 radical (unpaired) electrons. The van der Waals surface area contributed by atoms with Gasteiger partial charge in [-0.3, -0.25) is 0 Å². The zero-order chi connectivity index (χ0) is 12.4. The van der Waals surface area contributed by atoms with Crippen LogP contribution in [-0.4, -0.2) is 34.4 Å². The highest BCUT2D eigenvalue weighted by Crippen LogP contribution is 2.19. The van der Waals surface area contributed by atoms with E-state index in [9.17, 15) is 4.79 Å². The Morgan fingerprint density at radius 2 is 1.44 bits per heavy atom. The van der Waals surface area contributed by atoms with Crippen LogP contribution in [0, 0.1) is 0 Å². The lowest BCUT2D eigenvalue weighted by molar-refractivity contribution is -0.117. The Balaban J connectivity index is 4.28. The number of hydrogen-bond acceptors (Lipinski definition) is 4. The molecule has 0 aromatic heterocycles. The van der Waals surface area contributed by atoms with Crippen LogP contribution < -0.4 is 0 Å². The fraction of sp³-hybridized carbons (Fsp3) is 0.909. The number of hydrogen-bond donors (Lipinski definition) is 0. The molecule has 16 heavy (non-hydrogen) atoms. The highest BCUT2D eigenvalue weighted by Gasteiger charge is 2.39. The average Bonchev–Trinajstić information content (AvgIpc) is 2.18. The molecule has 0 aromatic rings. The third-order valence-electron chi connectivity index (χ3n) is 2.10. The Morgan fingerprint density at radius 1 is 1.00 bits per heavy atom. The van der Waals surface area contributed by atoms with Gasteiger partial charge in [0.15, 0.2) is 0 Å². The van der Waals surface area contributed by atoms with Crippen molar-refractivity contribution in [3.8, 4) is 0 Å². The van der Waals surface area contributed by atoms with Gasteiger partial charge in [0, 0.05) is 32.3 Å². The van der Waals surface area contributed by atoms with E-state index in [2.05, 4.69) is 0 Å². The quantitative estimate of drug-likeness (QED) is 0.557. The zero-order valence-corrected chi connectivity index (χ0v) is 11.9. The molecule has 0 N–H and O–H groups in total. The van der Waals surface area contributed by atoms with Crippen molar-refractivity contribution in [2.45, 2.75) is 46.6 Å². The van der Waals surface area contributed by atoms with Gasteiger partial charge in [-0.15, -0.1) is 0 Å². The van der Waals surface area contributed by atoms with Crippen LogP contribution in [-0.2, 0) is 18.1 Å². The van der Waals surface area contributed by atoms with Gasteiger partial charge in [0.05, 0.1) is 0 Å². The van der Waals surface area contributed by atoms with Gasteiger partial charge >= 0.3 is 8.80 Å². The van der Waals surface area contributed by atoms with Crippen molar-refractivity contribution in [2.24, 2.45) is 0 Å². The minimum atomic E-state index is -2.51. The van der Waals surface area contributed by atoms with E-state index in [1.54, 1.807) is 6.92 Å². The molecule has 0 aliphatic heterocycles. The topological polar surface area (TPSA) is 44.8 Å². The Morgan fingerprint density at radius 3 is 1.75 bits per heavy atom.